The second kappa shape index (κ2) is 9.00. The van der Waals surface area contributed by atoms with Crippen LogP contribution in [0.4, 0.5) is 5.69 Å². The van der Waals surface area contributed by atoms with Gasteiger partial charge in [-0.3, -0.25) is 9.59 Å². The number of nitrogens with one attached hydrogen (secondary N) is 1. The topological polar surface area (TPSA) is 64.6 Å². The fourth-order valence-corrected chi connectivity index (χ4v) is 1.67. The first-order valence-electron chi connectivity index (χ1n) is 7.25. The Kier molecular flexibility index (Phi) is 7.29. The molecule has 1 aromatic rings. The number of ketones is 1. The van der Waals surface area contributed by atoms with E-state index in [1.807, 2.05) is 13.8 Å². The van der Waals surface area contributed by atoms with Crippen molar-refractivity contribution in [3.05, 3.63) is 18.2 Å². The van der Waals surface area contributed by atoms with Gasteiger partial charge in [0.25, 0.3) is 0 Å². The molecule has 0 saturated heterocycles. The second-order valence-corrected chi connectivity index (χ2v) is 4.79. The Bertz CT molecular complexity index is 485. The molecule has 5 heteroatoms. The SMILES string of the molecule is CCCOc1ccc(NC(=O)CC(C)=O)cc1OCCC. The quantitative estimate of drug-likeness (QED) is 0.710. The van der Waals surface area contributed by atoms with E-state index in [1.54, 1.807) is 18.2 Å². The van der Waals surface area contributed by atoms with Gasteiger partial charge in [0.15, 0.2) is 11.5 Å². The summed E-state index contributed by atoms with van der Waals surface area (Å²) in [5.74, 6) is 0.768. The monoisotopic (exact) mass is 293 g/mol. The van der Waals surface area contributed by atoms with Crippen LogP contribution in [0.2, 0.25) is 0 Å². The summed E-state index contributed by atoms with van der Waals surface area (Å²) in [5, 5.41) is 2.68. The summed E-state index contributed by atoms with van der Waals surface area (Å²) < 4.78 is 11.3. The van der Waals surface area contributed by atoms with Gasteiger partial charge >= 0.3 is 0 Å². The molecule has 0 atom stereocenters. The summed E-state index contributed by atoms with van der Waals surface area (Å²) in [6.07, 6.45) is 1.66. The van der Waals surface area contributed by atoms with Gasteiger partial charge in [-0.15, -0.1) is 0 Å². The van der Waals surface area contributed by atoms with E-state index < -0.39 is 0 Å². The van der Waals surface area contributed by atoms with E-state index in [0.29, 0.717) is 30.4 Å². The molecule has 116 valence electrons. The van der Waals surface area contributed by atoms with E-state index >= 15 is 0 Å². The van der Waals surface area contributed by atoms with Crippen molar-refractivity contribution >= 4 is 17.4 Å². The number of carbonyl (C=O) groups excluding carboxylic acids is 2. The summed E-state index contributed by atoms with van der Waals surface area (Å²) in [4.78, 5) is 22.5. The zero-order valence-corrected chi connectivity index (χ0v) is 12.9. The van der Waals surface area contributed by atoms with E-state index in [2.05, 4.69) is 5.32 Å². The van der Waals surface area contributed by atoms with Gasteiger partial charge in [0, 0.05) is 11.8 Å². The molecule has 0 unspecified atom stereocenters. The molecule has 0 radical (unpaired) electrons. The average molecular weight is 293 g/mol. The Morgan fingerprint density at radius 1 is 1.05 bits per heavy atom. The molecule has 0 bridgehead atoms. The molecule has 0 fully saturated rings. The number of anilines is 1. The van der Waals surface area contributed by atoms with Crippen molar-refractivity contribution in [3.63, 3.8) is 0 Å². The van der Waals surface area contributed by atoms with Crippen LogP contribution in [0.15, 0.2) is 18.2 Å². The lowest BCUT2D eigenvalue weighted by Gasteiger charge is -2.14. The lowest BCUT2D eigenvalue weighted by Crippen LogP contribution is -2.14. The Labute approximate surface area is 125 Å². The number of hydrogen-bond acceptors (Lipinski definition) is 4. The van der Waals surface area contributed by atoms with Crippen LogP contribution in [-0.4, -0.2) is 24.9 Å². The predicted octanol–water partition coefficient (Wildman–Crippen LogP) is 3.18. The number of hydrogen-bond donors (Lipinski definition) is 1. The first kappa shape index (κ1) is 17.0. The molecule has 0 heterocycles. The number of benzene rings is 1. The Hall–Kier alpha value is -2.04. The van der Waals surface area contributed by atoms with Gasteiger partial charge in [0.1, 0.15) is 5.78 Å². The first-order chi connectivity index (χ1) is 10.1. The largest absolute Gasteiger partial charge is 0.490 e. The zero-order valence-electron chi connectivity index (χ0n) is 12.9. The standard InChI is InChI=1S/C16H23NO4/c1-4-8-20-14-7-6-13(11-15(14)21-9-5-2)17-16(19)10-12(3)18/h6-7,11H,4-5,8-10H2,1-3H3,(H,17,19). The minimum atomic E-state index is -0.328. The van der Waals surface area contributed by atoms with Crippen molar-refractivity contribution in [3.8, 4) is 11.5 Å². The Morgan fingerprint density at radius 3 is 2.24 bits per heavy atom. The molecule has 21 heavy (non-hydrogen) atoms. The summed E-state index contributed by atoms with van der Waals surface area (Å²) in [5.41, 5.74) is 0.594. The Morgan fingerprint density at radius 2 is 1.67 bits per heavy atom. The highest BCUT2D eigenvalue weighted by Gasteiger charge is 2.10. The number of rotatable bonds is 9. The molecule has 1 amide bonds. The fourth-order valence-electron chi connectivity index (χ4n) is 1.67. The predicted molar refractivity (Wildman–Crippen MR) is 81.9 cm³/mol. The molecule has 0 aliphatic rings. The number of ether oxygens (including phenoxy) is 2. The van der Waals surface area contributed by atoms with Crippen LogP contribution < -0.4 is 14.8 Å². The van der Waals surface area contributed by atoms with Crippen LogP contribution in [0, 0.1) is 0 Å². The van der Waals surface area contributed by atoms with Gasteiger partial charge in [-0.1, -0.05) is 13.8 Å². The third-order valence-electron chi connectivity index (χ3n) is 2.56. The van der Waals surface area contributed by atoms with Crippen LogP contribution in [0.3, 0.4) is 0 Å². The Balaban J connectivity index is 2.81. The number of Topliss-reactive ketones (excluding diaryl/α,β-unsaturated/α-hetero) is 1. The molecule has 0 aromatic heterocycles. The summed E-state index contributed by atoms with van der Waals surface area (Å²) in [7, 11) is 0. The minimum Gasteiger partial charge on any atom is -0.490 e. The molecule has 0 aliphatic heterocycles. The molecule has 0 spiro atoms. The molecule has 1 N–H and O–H groups in total. The van der Waals surface area contributed by atoms with Crippen molar-refractivity contribution in [2.75, 3.05) is 18.5 Å². The fraction of sp³-hybridized carbons (Fsp3) is 0.500. The van der Waals surface area contributed by atoms with Crippen LogP contribution in [-0.2, 0) is 9.59 Å². The van der Waals surface area contributed by atoms with Crippen molar-refractivity contribution < 1.29 is 19.1 Å². The highest BCUT2D eigenvalue weighted by molar-refractivity contribution is 6.03. The highest BCUT2D eigenvalue weighted by atomic mass is 16.5. The lowest BCUT2D eigenvalue weighted by molar-refractivity contribution is -0.124. The van der Waals surface area contributed by atoms with Gasteiger partial charge in [-0.05, 0) is 31.9 Å². The number of amides is 1. The highest BCUT2D eigenvalue weighted by Crippen LogP contribution is 2.31. The van der Waals surface area contributed by atoms with Gasteiger partial charge in [0.2, 0.25) is 5.91 Å². The second-order valence-electron chi connectivity index (χ2n) is 4.79. The van der Waals surface area contributed by atoms with Crippen molar-refractivity contribution in [1.29, 1.82) is 0 Å². The molecule has 1 rings (SSSR count). The van der Waals surface area contributed by atoms with Crippen molar-refractivity contribution in [2.45, 2.75) is 40.0 Å². The molecule has 1 aromatic carbocycles. The van der Waals surface area contributed by atoms with Gasteiger partial charge in [0.05, 0.1) is 19.6 Å². The molecule has 5 nitrogen and oxygen atoms in total. The van der Waals surface area contributed by atoms with E-state index in [0.717, 1.165) is 12.8 Å². The minimum absolute atomic E-state index is 0.126. The first-order valence-corrected chi connectivity index (χ1v) is 7.25. The maximum atomic E-state index is 11.6. The maximum Gasteiger partial charge on any atom is 0.231 e. The van der Waals surface area contributed by atoms with Gasteiger partial charge in [-0.2, -0.15) is 0 Å². The van der Waals surface area contributed by atoms with Crippen LogP contribution in [0.1, 0.15) is 40.0 Å². The molecule has 0 saturated carbocycles. The average Bonchev–Trinajstić information content (AvgIpc) is 2.43. The smallest absolute Gasteiger partial charge is 0.231 e. The molecular formula is C16H23NO4. The molecule has 0 aliphatic carbocycles. The number of carbonyl (C=O) groups is 2. The molecular weight excluding hydrogens is 270 g/mol. The van der Waals surface area contributed by atoms with Crippen LogP contribution >= 0.6 is 0 Å². The van der Waals surface area contributed by atoms with Crippen molar-refractivity contribution in [2.24, 2.45) is 0 Å². The van der Waals surface area contributed by atoms with E-state index in [1.165, 1.54) is 6.92 Å². The lowest BCUT2D eigenvalue weighted by atomic mass is 10.2. The summed E-state index contributed by atoms with van der Waals surface area (Å²) >= 11 is 0. The van der Waals surface area contributed by atoms with Crippen molar-refractivity contribution in [1.82, 2.24) is 0 Å². The van der Waals surface area contributed by atoms with E-state index in [9.17, 15) is 9.59 Å². The third-order valence-corrected chi connectivity index (χ3v) is 2.56. The summed E-state index contributed by atoms with van der Waals surface area (Å²) in [6.45, 7) is 6.62. The van der Waals surface area contributed by atoms with Gasteiger partial charge in [-0.25, -0.2) is 0 Å². The zero-order chi connectivity index (χ0) is 15.7. The van der Waals surface area contributed by atoms with E-state index in [-0.39, 0.29) is 18.1 Å². The van der Waals surface area contributed by atoms with Crippen LogP contribution in [0.5, 0.6) is 11.5 Å². The third kappa shape index (κ3) is 6.29. The van der Waals surface area contributed by atoms with Gasteiger partial charge < -0.3 is 14.8 Å². The summed E-state index contributed by atoms with van der Waals surface area (Å²) in [6, 6.07) is 5.23. The maximum absolute atomic E-state index is 11.6. The van der Waals surface area contributed by atoms with E-state index in [4.69, 9.17) is 9.47 Å². The van der Waals surface area contributed by atoms with Crippen LogP contribution in [0.25, 0.3) is 0 Å². The normalized spacial score (nSPS) is 10.0.